The van der Waals surface area contributed by atoms with Gasteiger partial charge in [0.15, 0.2) is 16.6 Å². The van der Waals surface area contributed by atoms with Crippen LogP contribution >= 0.6 is 11.3 Å². The summed E-state index contributed by atoms with van der Waals surface area (Å²) in [7, 11) is 1.40. The summed E-state index contributed by atoms with van der Waals surface area (Å²) in [4.78, 5) is 31.6. The normalized spacial score (nSPS) is 17.4. The largest absolute Gasteiger partial charge is 0.507 e. The van der Waals surface area contributed by atoms with Gasteiger partial charge in [0.1, 0.15) is 11.5 Å². The summed E-state index contributed by atoms with van der Waals surface area (Å²) in [5, 5.41) is 23.2. The van der Waals surface area contributed by atoms with E-state index < -0.39 is 17.7 Å². The van der Waals surface area contributed by atoms with E-state index in [9.17, 15) is 19.8 Å². The van der Waals surface area contributed by atoms with E-state index in [1.54, 1.807) is 35.7 Å². The Hall–Kier alpha value is -3.85. The number of aromatic nitrogens is 1. The molecular formula is C24H22N2O6S. The second kappa shape index (κ2) is 9.33. The van der Waals surface area contributed by atoms with E-state index in [4.69, 9.17) is 9.47 Å². The third kappa shape index (κ3) is 4.14. The Bertz CT molecular complexity index is 1200. The molecule has 1 aromatic heterocycles. The molecule has 0 radical (unpaired) electrons. The molecule has 0 saturated carbocycles. The second-order valence-electron chi connectivity index (χ2n) is 7.29. The maximum absolute atomic E-state index is 13.1. The molecule has 1 unspecified atom stereocenters. The average Bonchev–Trinajstić information content (AvgIpc) is 3.45. The number of nitrogens with zero attached hydrogens (tertiary/aromatic N) is 2. The number of thiazole rings is 1. The zero-order valence-electron chi connectivity index (χ0n) is 18.0. The Balaban J connectivity index is 1.85. The van der Waals surface area contributed by atoms with Crippen LogP contribution in [0.25, 0.3) is 5.76 Å². The van der Waals surface area contributed by atoms with Crippen molar-refractivity contribution in [1.82, 2.24) is 4.98 Å². The Kier molecular flexibility index (Phi) is 6.32. The Labute approximate surface area is 194 Å². The molecule has 170 valence electrons. The molecular weight excluding hydrogens is 444 g/mol. The van der Waals surface area contributed by atoms with Gasteiger partial charge in [-0.2, -0.15) is 0 Å². The topological polar surface area (TPSA) is 109 Å². The third-order valence-electron chi connectivity index (χ3n) is 5.19. The van der Waals surface area contributed by atoms with Crippen molar-refractivity contribution in [2.75, 3.05) is 18.6 Å². The number of phenolic OH excluding ortho intramolecular Hbond substituents is 1. The van der Waals surface area contributed by atoms with E-state index in [0.29, 0.717) is 28.6 Å². The van der Waals surface area contributed by atoms with E-state index in [0.717, 1.165) is 6.42 Å². The van der Waals surface area contributed by atoms with Crippen LogP contribution in [0.2, 0.25) is 0 Å². The molecule has 1 atom stereocenters. The van der Waals surface area contributed by atoms with Crippen LogP contribution in [0.15, 0.2) is 59.6 Å². The zero-order valence-corrected chi connectivity index (χ0v) is 18.8. The molecule has 0 bridgehead atoms. The van der Waals surface area contributed by atoms with Crippen molar-refractivity contribution in [2.24, 2.45) is 0 Å². The van der Waals surface area contributed by atoms with Crippen molar-refractivity contribution < 1.29 is 29.3 Å². The first-order valence-corrected chi connectivity index (χ1v) is 11.1. The van der Waals surface area contributed by atoms with Crippen LogP contribution in [0.4, 0.5) is 5.13 Å². The number of rotatable bonds is 7. The van der Waals surface area contributed by atoms with Crippen LogP contribution in [0, 0.1) is 0 Å². The summed E-state index contributed by atoms with van der Waals surface area (Å²) < 4.78 is 10.8. The van der Waals surface area contributed by atoms with Gasteiger partial charge in [0.2, 0.25) is 0 Å². The number of hydrogen-bond donors (Lipinski definition) is 2. The number of anilines is 1. The van der Waals surface area contributed by atoms with E-state index in [2.05, 4.69) is 4.98 Å². The molecule has 8 nitrogen and oxygen atoms in total. The smallest absolute Gasteiger partial charge is 0.301 e. The fourth-order valence-corrected chi connectivity index (χ4v) is 4.30. The number of amides is 1. The Morgan fingerprint density at radius 3 is 2.58 bits per heavy atom. The summed E-state index contributed by atoms with van der Waals surface area (Å²) >= 11 is 1.20. The van der Waals surface area contributed by atoms with E-state index in [-0.39, 0.29) is 22.8 Å². The van der Waals surface area contributed by atoms with Gasteiger partial charge >= 0.3 is 5.91 Å². The van der Waals surface area contributed by atoms with Crippen molar-refractivity contribution in [1.29, 1.82) is 0 Å². The first-order valence-electron chi connectivity index (χ1n) is 10.3. The molecule has 1 aliphatic heterocycles. The lowest BCUT2D eigenvalue weighted by atomic mass is 9.95. The molecule has 4 rings (SSSR count). The molecule has 1 fully saturated rings. The van der Waals surface area contributed by atoms with Gasteiger partial charge in [-0.1, -0.05) is 13.0 Å². The molecule has 3 aromatic rings. The highest BCUT2D eigenvalue weighted by Crippen LogP contribution is 2.44. The third-order valence-corrected chi connectivity index (χ3v) is 5.96. The van der Waals surface area contributed by atoms with Crippen LogP contribution in [-0.4, -0.2) is 40.6 Å². The van der Waals surface area contributed by atoms with Crippen LogP contribution in [0.1, 0.15) is 30.5 Å². The van der Waals surface area contributed by atoms with Gasteiger partial charge in [-0.25, -0.2) is 4.98 Å². The summed E-state index contributed by atoms with van der Waals surface area (Å²) in [6, 6.07) is 10.2. The predicted octanol–water partition coefficient (Wildman–Crippen LogP) is 4.27. The molecule has 2 aromatic carbocycles. The van der Waals surface area contributed by atoms with Crippen LogP contribution in [0.5, 0.6) is 17.2 Å². The zero-order chi connectivity index (χ0) is 23.5. The monoisotopic (exact) mass is 466 g/mol. The van der Waals surface area contributed by atoms with Gasteiger partial charge < -0.3 is 19.7 Å². The molecule has 2 heterocycles. The van der Waals surface area contributed by atoms with Gasteiger partial charge in [0.25, 0.3) is 5.78 Å². The van der Waals surface area contributed by atoms with Crippen LogP contribution < -0.4 is 14.4 Å². The van der Waals surface area contributed by atoms with E-state index in [1.165, 1.54) is 41.7 Å². The molecule has 2 N–H and O–H groups in total. The maximum Gasteiger partial charge on any atom is 0.301 e. The van der Waals surface area contributed by atoms with E-state index in [1.807, 2.05) is 6.92 Å². The van der Waals surface area contributed by atoms with Crippen molar-refractivity contribution in [3.05, 3.63) is 70.7 Å². The minimum Gasteiger partial charge on any atom is -0.507 e. The number of hydrogen-bond acceptors (Lipinski definition) is 8. The highest BCUT2D eigenvalue weighted by molar-refractivity contribution is 7.14. The Morgan fingerprint density at radius 2 is 1.94 bits per heavy atom. The molecule has 9 heteroatoms. The van der Waals surface area contributed by atoms with Gasteiger partial charge in [-0.05, 0) is 48.4 Å². The summed E-state index contributed by atoms with van der Waals surface area (Å²) in [6.07, 6.45) is 2.39. The number of carbonyl (C=O) groups is 2. The number of aliphatic hydroxyl groups excluding tert-OH is 1. The van der Waals surface area contributed by atoms with Crippen LogP contribution in [-0.2, 0) is 9.59 Å². The van der Waals surface area contributed by atoms with Crippen molar-refractivity contribution in [3.8, 4) is 17.2 Å². The number of methoxy groups -OCH3 is 1. The second-order valence-corrected chi connectivity index (χ2v) is 8.16. The van der Waals surface area contributed by atoms with Gasteiger partial charge in [0, 0.05) is 17.1 Å². The number of phenols is 1. The SMILES string of the molecule is CCCOc1ccc(C(O)=C2C(=O)C(=O)N(c3nccs3)C2c2ccc(O)c(OC)c2)cc1. The van der Waals surface area contributed by atoms with Gasteiger partial charge in [-0.15, -0.1) is 11.3 Å². The van der Waals surface area contributed by atoms with Crippen molar-refractivity contribution in [2.45, 2.75) is 19.4 Å². The van der Waals surface area contributed by atoms with Gasteiger partial charge in [-0.3, -0.25) is 14.5 Å². The first-order chi connectivity index (χ1) is 16.0. The number of ether oxygens (including phenoxy) is 2. The lowest BCUT2D eigenvalue weighted by molar-refractivity contribution is -0.132. The fraction of sp³-hybridized carbons (Fsp3) is 0.208. The van der Waals surface area contributed by atoms with Crippen molar-refractivity contribution >= 4 is 33.9 Å². The summed E-state index contributed by atoms with van der Waals surface area (Å²) in [6.45, 7) is 2.56. The average molecular weight is 467 g/mol. The molecule has 0 spiro atoms. The highest BCUT2D eigenvalue weighted by atomic mass is 32.1. The fourth-order valence-electron chi connectivity index (χ4n) is 3.63. The lowest BCUT2D eigenvalue weighted by Gasteiger charge is -2.23. The number of aromatic hydroxyl groups is 1. The quantitative estimate of drug-likeness (QED) is 0.304. The highest BCUT2D eigenvalue weighted by Gasteiger charge is 2.48. The maximum atomic E-state index is 13.1. The molecule has 0 aliphatic carbocycles. The van der Waals surface area contributed by atoms with E-state index >= 15 is 0 Å². The number of aliphatic hydroxyl groups is 1. The van der Waals surface area contributed by atoms with Gasteiger partial charge in [0.05, 0.1) is 25.3 Å². The molecule has 1 aliphatic rings. The standard InChI is InChI=1S/C24H22N2O6S/c1-3-11-32-16-7-4-14(5-8-16)21(28)19-20(15-6-9-17(27)18(13-15)31-2)26(23(30)22(19)29)24-25-10-12-33-24/h4-10,12-13,20,27-28H,3,11H2,1-2H3. The van der Waals surface area contributed by atoms with Crippen LogP contribution in [0.3, 0.4) is 0 Å². The number of benzene rings is 2. The lowest BCUT2D eigenvalue weighted by Crippen LogP contribution is -2.29. The predicted molar refractivity (Wildman–Crippen MR) is 124 cm³/mol. The summed E-state index contributed by atoms with van der Waals surface area (Å²) in [5.41, 5.74) is 0.764. The first kappa shape index (κ1) is 22.3. The number of carbonyl (C=O) groups excluding carboxylic acids is 2. The minimum absolute atomic E-state index is 0.0785. The Morgan fingerprint density at radius 1 is 1.18 bits per heavy atom. The molecule has 1 amide bonds. The van der Waals surface area contributed by atoms with Crippen molar-refractivity contribution in [3.63, 3.8) is 0 Å². The molecule has 1 saturated heterocycles. The number of ketones is 1. The summed E-state index contributed by atoms with van der Waals surface area (Å²) in [5.74, 6) is -1.22. The minimum atomic E-state index is -0.957. The number of Topliss-reactive ketones (excluding diaryl/α,β-unsaturated/α-hetero) is 1. The molecule has 33 heavy (non-hydrogen) atoms.